The monoisotopic (exact) mass is 249 g/mol. The van der Waals surface area contributed by atoms with Gasteiger partial charge in [-0.3, -0.25) is 0 Å². The quantitative estimate of drug-likeness (QED) is 0.865. The molecule has 0 aliphatic carbocycles. The van der Waals surface area contributed by atoms with E-state index in [9.17, 15) is 0 Å². The molecular formula is C16H27NO. The minimum atomic E-state index is 0.194. The fraction of sp³-hybridized carbons (Fsp3) is 0.625. The Hall–Kier alpha value is -0.860. The Morgan fingerprint density at radius 3 is 2.44 bits per heavy atom. The van der Waals surface area contributed by atoms with Gasteiger partial charge >= 0.3 is 0 Å². The zero-order valence-corrected chi connectivity index (χ0v) is 12.6. The van der Waals surface area contributed by atoms with Crippen molar-refractivity contribution in [1.29, 1.82) is 0 Å². The number of ether oxygens (including phenoxy) is 1. The molecule has 2 heteroatoms. The summed E-state index contributed by atoms with van der Waals surface area (Å²) in [7, 11) is 3.76. The Labute approximate surface area is 112 Å². The number of aryl methyl sites for hydroxylation is 1. The predicted octanol–water partition coefficient (Wildman–Crippen LogP) is 3.24. The normalized spacial score (nSPS) is 13.7. The number of methoxy groups -OCH3 is 1. The standard InChI is InChI=1S/C16H27NO/c1-12-7-8-14(16(2,3)4)9-15(12)13(10-17-5)11-18-6/h7-9,13,17H,10-11H2,1-6H3. The number of nitrogens with one attached hydrogen (secondary N) is 1. The molecule has 0 aliphatic heterocycles. The Morgan fingerprint density at radius 1 is 1.28 bits per heavy atom. The van der Waals surface area contributed by atoms with Gasteiger partial charge in [0.2, 0.25) is 0 Å². The van der Waals surface area contributed by atoms with Crippen LogP contribution in [0.25, 0.3) is 0 Å². The number of likely N-dealkylation sites (N-methyl/N-ethyl adjacent to an activating group) is 1. The third-order valence-electron chi connectivity index (χ3n) is 3.40. The first-order valence-electron chi connectivity index (χ1n) is 6.64. The first-order valence-corrected chi connectivity index (χ1v) is 6.64. The summed E-state index contributed by atoms with van der Waals surface area (Å²) in [5, 5.41) is 3.26. The molecule has 102 valence electrons. The maximum Gasteiger partial charge on any atom is 0.0543 e. The van der Waals surface area contributed by atoms with Crippen LogP contribution in [-0.2, 0) is 10.2 Å². The number of hydrogen-bond donors (Lipinski definition) is 1. The third kappa shape index (κ3) is 3.82. The van der Waals surface area contributed by atoms with E-state index in [1.807, 2.05) is 7.05 Å². The molecule has 0 amide bonds. The van der Waals surface area contributed by atoms with Crippen LogP contribution in [0, 0.1) is 6.92 Å². The van der Waals surface area contributed by atoms with Gasteiger partial charge < -0.3 is 10.1 Å². The lowest BCUT2D eigenvalue weighted by molar-refractivity contribution is 0.178. The van der Waals surface area contributed by atoms with E-state index in [1.165, 1.54) is 16.7 Å². The minimum Gasteiger partial charge on any atom is -0.384 e. The Kier molecular flexibility index (Phi) is 5.36. The minimum absolute atomic E-state index is 0.194. The second-order valence-corrected chi connectivity index (χ2v) is 6.03. The molecule has 18 heavy (non-hydrogen) atoms. The van der Waals surface area contributed by atoms with Gasteiger partial charge in [0.1, 0.15) is 0 Å². The Bertz CT molecular complexity index is 373. The largest absolute Gasteiger partial charge is 0.384 e. The highest BCUT2D eigenvalue weighted by Gasteiger charge is 2.18. The fourth-order valence-corrected chi connectivity index (χ4v) is 2.25. The van der Waals surface area contributed by atoms with Gasteiger partial charge in [0.15, 0.2) is 0 Å². The molecule has 0 fully saturated rings. The lowest BCUT2D eigenvalue weighted by Crippen LogP contribution is -2.22. The van der Waals surface area contributed by atoms with Crippen molar-refractivity contribution in [2.24, 2.45) is 0 Å². The van der Waals surface area contributed by atoms with E-state index in [2.05, 4.69) is 51.2 Å². The molecule has 1 atom stereocenters. The molecule has 1 N–H and O–H groups in total. The predicted molar refractivity (Wildman–Crippen MR) is 78.4 cm³/mol. The van der Waals surface area contributed by atoms with Crippen LogP contribution in [0.15, 0.2) is 18.2 Å². The molecule has 0 aliphatic rings. The summed E-state index contributed by atoms with van der Waals surface area (Å²) in [6.45, 7) is 10.7. The second-order valence-electron chi connectivity index (χ2n) is 6.03. The summed E-state index contributed by atoms with van der Waals surface area (Å²) >= 11 is 0. The first-order chi connectivity index (χ1) is 8.40. The molecule has 1 rings (SSSR count). The summed E-state index contributed by atoms with van der Waals surface area (Å²) in [5.74, 6) is 0.419. The van der Waals surface area contributed by atoms with Gasteiger partial charge in [0.25, 0.3) is 0 Å². The molecule has 0 spiro atoms. The van der Waals surface area contributed by atoms with Crippen LogP contribution in [0.3, 0.4) is 0 Å². The van der Waals surface area contributed by atoms with Gasteiger partial charge in [0, 0.05) is 19.6 Å². The van der Waals surface area contributed by atoms with Gasteiger partial charge in [0.05, 0.1) is 6.61 Å². The summed E-state index contributed by atoms with van der Waals surface area (Å²) in [4.78, 5) is 0. The smallest absolute Gasteiger partial charge is 0.0543 e. The topological polar surface area (TPSA) is 21.3 Å². The fourth-order valence-electron chi connectivity index (χ4n) is 2.25. The first kappa shape index (κ1) is 15.2. The summed E-state index contributed by atoms with van der Waals surface area (Å²) < 4.78 is 5.35. The zero-order chi connectivity index (χ0) is 13.8. The van der Waals surface area contributed by atoms with E-state index >= 15 is 0 Å². The van der Waals surface area contributed by atoms with Crippen LogP contribution in [-0.4, -0.2) is 27.3 Å². The SMILES string of the molecule is CNCC(COC)c1cc(C(C)(C)C)ccc1C. The van der Waals surface area contributed by atoms with Crippen molar-refractivity contribution >= 4 is 0 Å². The van der Waals surface area contributed by atoms with Crippen molar-refractivity contribution in [3.8, 4) is 0 Å². The van der Waals surface area contributed by atoms with Crippen LogP contribution in [0.1, 0.15) is 43.4 Å². The maximum absolute atomic E-state index is 5.35. The molecule has 0 radical (unpaired) electrons. The van der Waals surface area contributed by atoms with Gasteiger partial charge in [-0.2, -0.15) is 0 Å². The van der Waals surface area contributed by atoms with Crippen molar-refractivity contribution < 1.29 is 4.74 Å². The molecular weight excluding hydrogens is 222 g/mol. The number of hydrogen-bond acceptors (Lipinski definition) is 2. The van der Waals surface area contributed by atoms with E-state index in [4.69, 9.17) is 4.74 Å². The zero-order valence-electron chi connectivity index (χ0n) is 12.6. The molecule has 1 aromatic rings. The Morgan fingerprint density at radius 2 is 1.94 bits per heavy atom. The van der Waals surface area contributed by atoms with Crippen molar-refractivity contribution in [1.82, 2.24) is 5.32 Å². The molecule has 1 aromatic carbocycles. The van der Waals surface area contributed by atoms with Gasteiger partial charge in [-0.1, -0.05) is 39.0 Å². The second kappa shape index (κ2) is 6.35. The Balaban J connectivity index is 3.11. The lowest BCUT2D eigenvalue weighted by atomic mass is 9.83. The van der Waals surface area contributed by atoms with Crippen molar-refractivity contribution in [2.45, 2.75) is 39.0 Å². The van der Waals surface area contributed by atoms with Crippen LogP contribution in [0.5, 0.6) is 0 Å². The average Bonchev–Trinajstić information content (AvgIpc) is 2.28. The van der Waals surface area contributed by atoms with Crippen molar-refractivity contribution in [3.63, 3.8) is 0 Å². The summed E-state index contributed by atoms with van der Waals surface area (Å²) in [5.41, 5.74) is 4.33. The molecule has 0 saturated heterocycles. The molecule has 2 nitrogen and oxygen atoms in total. The summed E-state index contributed by atoms with van der Waals surface area (Å²) in [6, 6.07) is 6.81. The molecule has 0 aromatic heterocycles. The third-order valence-corrected chi connectivity index (χ3v) is 3.40. The highest BCUT2D eigenvalue weighted by molar-refractivity contribution is 5.37. The summed E-state index contributed by atoms with van der Waals surface area (Å²) in [6.07, 6.45) is 0. The van der Waals surface area contributed by atoms with Gasteiger partial charge in [-0.05, 0) is 36.1 Å². The molecule has 0 saturated carbocycles. The molecule has 1 unspecified atom stereocenters. The van der Waals surface area contributed by atoms with Gasteiger partial charge in [-0.25, -0.2) is 0 Å². The van der Waals surface area contributed by atoms with Gasteiger partial charge in [-0.15, -0.1) is 0 Å². The van der Waals surface area contributed by atoms with Crippen molar-refractivity contribution in [3.05, 3.63) is 34.9 Å². The van der Waals surface area contributed by atoms with Crippen LogP contribution >= 0.6 is 0 Å². The number of benzene rings is 1. The van der Waals surface area contributed by atoms with E-state index < -0.39 is 0 Å². The van der Waals surface area contributed by atoms with E-state index in [0.29, 0.717) is 5.92 Å². The van der Waals surface area contributed by atoms with E-state index in [0.717, 1.165) is 13.2 Å². The molecule has 0 heterocycles. The maximum atomic E-state index is 5.35. The van der Waals surface area contributed by atoms with E-state index in [-0.39, 0.29) is 5.41 Å². The molecule has 0 bridgehead atoms. The highest BCUT2D eigenvalue weighted by Crippen LogP contribution is 2.28. The number of rotatable bonds is 5. The van der Waals surface area contributed by atoms with Crippen LogP contribution < -0.4 is 5.32 Å². The highest BCUT2D eigenvalue weighted by atomic mass is 16.5. The van der Waals surface area contributed by atoms with Crippen LogP contribution in [0.4, 0.5) is 0 Å². The lowest BCUT2D eigenvalue weighted by Gasteiger charge is -2.24. The average molecular weight is 249 g/mol. The van der Waals surface area contributed by atoms with E-state index in [1.54, 1.807) is 7.11 Å². The van der Waals surface area contributed by atoms with Crippen molar-refractivity contribution in [2.75, 3.05) is 27.3 Å². The van der Waals surface area contributed by atoms with Crippen LogP contribution in [0.2, 0.25) is 0 Å².